The molecule has 0 saturated heterocycles. The standard InChI is InChI=1S/C47H87N3O6/c1-6-10-20-29-40(30-21-11-7-2)39-55-42(51)33-24-16-14-18-26-36-50(38-28-35-49-45-44(48-5)46(53)47(45)54)37-27-19-15-17-25-34-43(52)56-41(31-22-12-8-3)32-23-13-9-4/h40-41,48-49H,6-39H2,1-5H3. The summed E-state index contributed by atoms with van der Waals surface area (Å²) in [7, 11) is 1.67. The van der Waals surface area contributed by atoms with Gasteiger partial charge in [-0.15, -0.1) is 0 Å². The van der Waals surface area contributed by atoms with Crippen LogP contribution < -0.4 is 21.5 Å². The van der Waals surface area contributed by atoms with Crippen molar-refractivity contribution in [3.05, 3.63) is 20.4 Å². The first-order chi connectivity index (χ1) is 27.3. The number of carbonyl (C=O) groups is 2. The molecule has 0 unspecified atom stereocenters. The smallest absolute Gasteiger partial charge is 0.306 e. The quantitative estimate of drug-likeness (QED) is 0.0380. The molecule has 9 nitrogen and oxygen atoms in total. The maximum Gasteiger partial charge on any atom is 0.306 e. The summed E-state index contributed by atoms with van der Waals surface area (Å²) in [4.78, 5) is 51.3. The molecule has 0 bridgehead atoms. The highest BCUT2D eigenvalue weighted by molar-refractivity contribution is 5.73. The summed E-state index contributed by atoms with van der Waals surface area (Å²) in [6, 6.07) is 0. The molecule has 0 aromatic heterocycles. The number of nitrogens with one attached hydrogen (secondary N) is 2. The molecule has 2 N–H and O–H groups in total. The van der Waals surface area contributed by atoms with Crippen molar-refractivity contribution >= 4 is 23.3 Å². The number of esters is 2. The van der Waals surface area contributed by atoms with Crippen molar-refractivity contribution in [1.29, 1.82) is 0 Å². The molecule has 1 aromatic rings. The zero-order chi connectivity index (χ0) is 41.1. The number of ether oxygens (including phenoxy) is 2. The van der Waals surface area contributed by atoms with E-state index in [-0.39, 0.29) is 18.0 Å². The van der Waals surface area contributed by atoms with Gasteiger partial charge in [-0.3, -0.25) is 19.2 Å². The third-order valence-electron chi connectivity index (χ3n) is 11.3. The molecule has 0 heterocycles. The largest absolute Gasteiger partial charge is 0.465 e. The Hall–Kier alpha value is -2.42. The number of nitrogens with zero attached hydrogens (tertiary/aromatic N) is 1. The molecule has 1 aromatic carbocycles. The van der Waals surface area contributed by atoms with Crippen LogP contribution in [0.2, 0.25) is 0 Å². The fourth-order valence-corrected chi connectivity index (χ4v) is 7.63. The highest BCUT2D eigenvalue weighted by Gasteiger charge is 2.19. The van der Waals surface area contributed by atoms with Gasteiger partial charge in [0.25, 0.3) is 10.9 Å². The molecule has 0 aliphatic rings. The normalized spacial score (nSPS) is 11.6. The van der Waals surface area contributed by atoms with Crippen LogP contribution in [0.25, 0.3) is 0 Å². The summed E-state index contributed by atoms with van der Waals surface area (Å²) in [5.41, 5.74) is -0.0653. The lowest BCUT2D eigenvalue weighted by Gasteiger charge is -2.23. The summed E-state index contributed by atoms with van der Waals surface area (Å²) in [5, 5.41) is 6.00. The van der Waals surface area contributed by atoms with Gasteiger partial charge in [0, 0.05) is 26.4 Å². The van der Waals surface area contributed by atoms with E-state index in [0.717, 1.165) is 116 Å². The summed E-state index contributed by atoms with van der Waals surface area (Å²) in [6.45, 7) is 13.1. The molecule has 0 aliphatic heterocycles. The van der Waals surface area contributed by atoms with E-state index in [2.05, 4.69) is 43.2 Å². The first kappa shape index (κ1) is 51.6. The lowest BCUT2D eigenvalue weighted by molar-refractivity contribution is -0.150. The van der Waals surface area contributed by atoms with Gasteiger partial charge in [0.1, 0.15) is 17.5 Å². The Labute approximate surface area is 343 Å². The van der Waals surface area contributed by atoms with E-state index in [4.69, 9.17) is 9.47 Å². The minimum atomic E-state index is -0.441. The van der Waals surface area contributed by atoms with Gasteiger partial charge < -0.3 is 25.0 Å². The van der Waals surface area contributed by atoms with Crippen LogP contribution in [-0.2, 0) is 19.1 Å². The van der Waals surface area contributed by atoms with E-state index in [9.17, 15) is 19.2 Å². The van der Waals surface area contributed by atoms with Gasteiger partial charge in [0.15, 0.2) is 0 Å². The van der Waals surface area contributed by atoms with Crippen LogP contribution in [0.4, 0.5) is 11.4 Å². The zero-order valence-electron chi connectivity index (χ0n) is 37.1. The number of hydrogen-bond donors (Lipinski definition) is 2. The predicted octanol–water partition coefficient (Wildman–Crippen LogP) is 11.5. The second-order valence-electron chi connectivity index (χ2n) is 16.5. The van der Waals surface area contributed by atoms with Gasteiger partial charge in [-0.2, -0.15) is 0 Å². The highest BCUT2D eigenvalue weighted by atomic mass is 16.5. The Morgan fingerprint density at radius 2 is 0.982 bits per heavy atom. The Kier molecular flexibility index (Phi) is 32.9. The van der Waals surface area contributed by atoms with Gasteiger partial charge in [-0.1, -0.05) is 130 Å². The molecule has 1 rings (SSSR count). The third-order valence-corrected chi connectivity index (χ3v) is 11.3. The molecular weight excluding hydrogens is 703 g/mol. The topological polar surface area (TPSA) is 114 Å². The average molecular weight is 790 g/mol. The summed E-state index contributed by atoms with van der Waals surface area (Å²) in [6.07, 6.45) is 31.5. The Morgan fingerprint density at radius 3 is 1.50 bits per heavy atom. The van der Waals surface area contributed by atoms with E-state index in [1.54, 1.807) is 7.05 Å². The van der Waals surface area contributed by atoms with Crippen molar-refractivity contribution in [2.24, 2.45) is 5.92 Å². The summed E-state index contributed by atoms with van der Waals surface area (Å²) in [5.74, 6) is 0.459. The molecule has 0 spiro atoms. The first-order valence-electron chi connectivity index (χ1n) is 23.6. The number of unbranched alkanes of at least 4 members (excludes halogenated alkanes) is 16. The fraction of sp³-hybridized carbons (Fsp3) is 0.872. The molecule has 0 amide bonds. The van der Waals surface area contributed by atoms with Gasteiger partial charge in [-0.25, -0.2) is 0 Å². The van der Waals surface area contributed by atoms with Crippen LogP contribution in [-0.4, -0.2) is 62.8 Å². The molecular formula is C47H87N3O6. The second kappa shape index (κ2) is 35.7. The van der Waals surface area contributed by atoms with Crippen molar-refractivity contribution in [3.63, 3.8) is 0 Å². The maximum absolute atomic E-state index is 12.6. The van der Waals surface area contributed by atoms with E-state index >= 15 is 0 Å². The van der Waals surface area contributed by atoms with E-state index in [0.29, 0.717) is 43.3 Å². The van der Waals surface area contributed by atoms with Crippen LogP contribution in [0.1, 0.15) is 214 Å². The lowest BCUT2D eigenvalue weighted by Crippen LogP contribution is -2.37. The fourth-order valence-electron chi connectivity index (χ4n) is 7.63. The summed E-state index contributed by atoms with van der Waals surface area (Å²) >= 11 is 0. The molecule has 0 aliphatic carbocycles. The van der Waals surface area contributed by atoms with Crippen LogP contribution in [0.3, 0.4) is 0 Å². The average Bonchev–Trinajstić information content (AvgIpc) is 3.19. The monoisotopic (exact) mass is 790 g/mol. The Morgan fingerprint density at radius 1 is 0.536 bits per heavy atom. The second-order valence-corrected chi connectivity index (χ2v) is 16.5. The van der Waals surface area contributed by atoms with E-state index in [1.807, 2.05) is 0 Å². The van der Waals surface area contributed by atoms with Crippen molar-refractivity contribution in [2.45, 2.75) is 220 Å². The third kappa shape index (κ3) is 25.8. The van der Waals surface area contributed by atoms with Crippen molar-refractivity contribution in [1.82, 2.24) is 4.90 Å². The summed E-state index contributed by atoms with van der Waals surface area (Å²) < 4.78 is 11.6. The van der Waals surface area contributed by atoms with Gasteiger partial charge in [0.2, 0.25) is 0 Å². The van der Waals surface area contributed by atoms with Crippen LogP contribution >= 0.6 is 0 Å². The van der Waals surface area contributed by atoms with E-state index < -0.39 is 10.9 Å². The van der Waals surface area contributed by atoms with Crippen LogP contribution in [0, 0.1) is 5.92 Å². The maximum atomic E-state index is 12.6. The van der Waals surface area contributed by atoms with Gasteiger partial charge in [0.05, 0.1) is 6.61 Å². The predicted molar refractivity (Wildman–Crippen MR) is 237 cm³/mol. The number of rotatable bonds is 41. The van der Waals surface area contributed by atoms with Gasteiger partial charge in [-0.05, 0) is 96.2 Å². The molecule has 0 radical (unpaired) electrons. The Balaban J connectivity index is 2.39. The number of hydrogen-bond acceptors (Lipinski definition) is 9. The van der Waals surface area contributed by atoms with Crippen molar-refractivity contribution in [3.8, 4) is 0 Å². The number of anilines is 2. The van der Waals surface area contributed by atoms with Crippen LogP contribution in [0.5, 0.6) is 0 Å². The molecule has 56 heavy (non-hydrogen) atoms. The van der Waals surface area contributed by atoms with Crippen molar-refractivity contribution < 1.29 is 19.1 Å². The molecule has 0 saturated carbocycles. The molecule has 9 heteroatoms. The van der Waals surface area contributed by atoms with Crippen molar-refractivity contribution in [2.75, 3.05) is 50.5 Å². The first-order valence-corrected chi connectivity index (χ1v) is 23.6. The van der Waals surface area contributed by atoms with E-state index in [1.165, 1.54) is 77.0 Å². The minimum Gasteiger partial charge on any atom is -0.465 e. The molecule has 326 valence electrons. The molecule has 0 atom stereocenters. The zero-order valence-corrected chi connectivity index (χ0v) is 37.1. The minimum absolute atomic E-state index is 0.0206. The highest BCUT2D eigenvalue weighted by Crippen LogP contribution is 2.20. The Bertz CT molecular complexity index is 1150. The molecule has 0 fully saturated rings. The number of carbonyl (C=O) groups excluding carboxylic acids is 2. The SMILES string of the molecule is CCCCCC(CCCCC)COC(=O)CCCCCCCN(CCCCCCCC(=O)OC(CCCCC)CCCCC)CCCNc1c(NC)c(=O)c1=O. The van der Waals surface area contributed by atoms with Crippen LogP contribution in [0.15, 0.2) is 9.59 Å². The van der Waals surface area contributed by atoms with Gasteiger partial charge >= 0.3 is 11.9 Å². The lowest BCUT2D eigenvalue weighted by atomic mass is 9.96.